The molecular weight excluding hydrogens is 296 g/mol. The van der Waals surface area contributed by atoms with Crippen molar-refractivity contribution in [1.82, 2.24) is 0 Å². The number of allylic oxidation sites excluding steroid dienone is 1. The van der Waals surface area contributed by atoms with Crippen molar-refractivity contribution in [3.8, 4) is 0 Å². The summed E-state index contributed by atoms with van der Waals surface area (Å²) in [4.78, 5) is 23.1. The number of methoxy groups -OCH3 is 2. The van der Waals surface area contributed by atoms with Gasteiger partial charge in [0.2, 0.25) is 0 Å². The summed E-state index contributed by atoms with van der Waals surface area (Å²) in [6.07, 6.45) is 4.65. The summed E-state index contributed by atoms with van der Waals surface area (Å²) in [5.41, 5.74) is 1.13. The van der Waals surface area contributed by atoms with Crippen molar-refractivity contribution < 1.29 is 23.8 Å². The van der Waals surface area contributed by atoms with Crippen molar-refractivity contribution in [2.45, 2.75) is 25.9 Å². The fourth-order valence-corrected chi connectivity index (χ4v) is 2.16. The first-order chi connectivity index (χ1) is 11.1. The van der Waals surface area contributed by atoms with Crippen LogP contribution in [0.1, 0.15) is 31.4 Å². The summed E-state index contributed by atoms with van der Waals surface area (Å²) in [6, 6.07) is 9.99. The Morgan fingerprint density at radius 1 is 1.04 bits per heavy atom. The Morgan fingerprint density at radius 2 is 1.65 bits per heavy atom. The minimum Gasteiger partial charge on any atom is -0.468 e. The van der Waals surface area contributed by atoms with Gasteiger partial charge in [-0.1, -0.05) is 49.4 Å². The Hall–Kier alpha value is -2.14. The highest BCUT2D eigenvalue weighted by molar-refractivity contribution is 5.94. The predicted octanol–water partition coefficient (Wildman–Crippen LogP) is 3.06. The van der Waals surface area contributed by atoms with E-state index in [4.69, 9.17) is 4.74 Å². The average molecular weight is 320 g/mol. The maximum Gasteiger partial charge on any atom is 0.320 e. The van der Waals surface area contributed by atoms with Crippen LogP contribution in [0.25, 0.3) is 0 Å². The second-order valence-corrected chi connectivity index (χ2v) is 4.95. The summed E-state index contributed by atoms with van der Waals surface area (Å²) in [6.45, 7) is 2.47. The van der Waals surface area contributed by atoms with Gasteiger partial charge < -0.3 is 14.2 Å². The van der Waals surface area contributed by atoms with Crippen molar-refractivity contribution in [3.63, 3.8) is 0 Å². The Balaban J connectivity index is 2.48. The molecule has 126 valence electrons. The molecule has 0 spiro atoms. The van der Waals surface area contributed by atoms with Crippen LogP contribution >= 0.6 is 0 Å². The zero-order valence-corrected chi connectivity index (χ0v) is 13.9. The summed E-state index contributed by atoms with van der Waals surface area (Å²) in [7, 11) is 2.49. The lowest BCUT2D eigenvalue weighted by atomic mass is 10.1. The number of benzene rings is 1. The number of carbonyl (C=O) groups excluding carboxylic acids is 2. The van der Waals surface area contributed by atoms with E-state index in [0.717, 1.165) is 12.0 Å². The summed E-state index contributed by atoms with van der Waals surface area (Å²) in [5.74, 6) is -2.13. The van der Waals surface area contributed by atoms with Crippen molar-refractivity contribution in [1.29, 1.82) is 0 Å². The smallest absolute Gasteiger partial charge is 0.320 e. The van der Waals surface area contributed by atoms with Crippen molar-refractivity contribution >= 4 is 11.9 Å². The second kappa shape index (κ2) is 10.6. The molecule has 1 aromatic carbocycles. The summed E-state index contributed by atoms with van der Waals surface area (Å²) >= 11 is 0. The number of carbonyl (C=O) groups is 2. The number of esters is 2. The van der Waals surface area contributed by atoms with Gasteiger partial charge in [-0.05, 0) is 18.4 Å². The molecule has 0 radical (unpaired) electrons. The molecule has 0 bridgehead atoms. The normalized spacial score (nSPS) is 12.3. The highest BCUT2D eigenvalue weighted by Crippen LogP contribution is 2.20. The van der Waals surface area contributed by atoms with Crippen LogP contribution in [0, 0.1) is 5.92 Å². The topological polar surface area (TPSA) is 61.8 Å². The van der Waals surface area contributed by atoms with E-state index < -0.39 is 17.9 Å². The van der Waals surface area contributed by atoms with Crippen LogP contribution in [0.15, 0.2) is 42.5 Å². The fourth-order valence-electron chi connectivity index (χ4n) is 2.16. The third-order valence-corrected chi connectivity index (χ3v) is 3.45. The molecule has 0 amide bonds. The first kappa shape index (κ1) is 18.9. The van der Waals surface area contributed by atoms with E-state index in [0.29, 0.717) is 6.61 Å². The first-order valence-corrected chi connectivity index (χ1v) is 7.61. The molecule has 23 heavy (non-hydrogen) atoms. The predicted molar refractivity (Wildman–Crippen MR) is 86.7 cm³/mol. The van der Waals surface area contributed by atoms with E-state index >= 15 is 0 Å². The Kier molecular flexibility index (Phi) is 8.68. The fraction of sp³-hybridized carbons (Fsp3) is 0.444. The maximum absolute atomic E-state index is 11.5. The molecule has 0 aromatic heterocycles. The minimum absolute atomic E-state index is 0.0258. The third kappa shape index (κ3) is 6.24. The molecule has 1 rings (SSSR count). The van der Waals surface area contributed by atoms with E-state index in [9.17, 15) is 9.59 Å². The highest BCUT2D eigenvalue weighted by atomic mass is 16.5. The van der Waals surface area contributed by atoms with E-state index in [1.54, 1.807) is 12.2 Å². The molecule has 0 aliphatic carbocycles. The van der Waals surface area contributed by atoms with Gasteiger partial charge in [-0.15, -0.1) is 0 Å². The van der Waals surface area contributed by atoms with Gasteiger partial charge in [0.1, 0.15) is 0 Å². The van der Waals surface area contributed by atoms with Gasteiger partial charge in [-0.2, -0.15) is 0 Å². The number of hydrogen-bond acceptors (Lipinski definition) is 5. The summed E-state index contributed by atoms with van der Waals surface area (Å²) in [5, 5.41) is 0. The van der Waals surface area contributed by atoms with Crippen LogP contribution in [0.2, 0.25) is 0 Å². The van der Waals surface area contributed by atoms with Gasteiger partial charge in [0.15, 0.2) is 5.92 Å². The maximum atomic E-state index is 11.5. The van der Waals surface area contributed by atoms with E-state index in [2.05, 4.69) is 16.4 Å². The SMILES string of the molecule is CCC(OC/C=C/CC(C(=O)OC)C(=O)OC)c1ccccc1. The van der Waals surface area contributed by atoms with Crippen LogP contribution in [0.4, 0.5) is 0 Å². The molecule has 0 saturated heterocycles. The van der Waals surface area contributed by atoms with Gasteiger partial charge in [-0.3, -0.25) is 9.59 Å². The van der Waals surface area contributed by atoms with Gasteiger partial charge >= 0.3 is 11.9 Å². The molecule has 5 nitrogen and oxygen atoms in total. The average Bonchev–Trinajstić information content (AvgIpc) is 2.60. The minimum atomic E-state index is -0.933. The van der Waals surface area contributed by atoms with Gasteiger partial charge in [-0.25, -0.2) is 0 Å². The Morgan fingerprint density at radius 3 is 2.17 bits per heavy atom. The lowest BCUT2D eigenvalue weighted by Crippen LogP contribution is -2.25. The standard InChI is InChI=1S/C18H24O5/c1-4-16(14-10-6-5-7-11-14)23-13-9-8-12-15(17(19)21-2)18(20)22-3/h5-11,15-16H,4,12-13H2,1-3H3/b9-8+. The van der Waals surface area contributed by atoms with Crippen LogP contribution in [0.5, 0.6) is 0 Å². The molecular formula is C18H24O5. The number of rotatable bonds is 9. The molecule has 0 saturated carbocycles. The highest BCUT2D eigenvalue weighted by Gasteiger charge is 2.26. The lowest BCUT2D eigenvalue weighted by molar-refractivity contribution is -0.158. The molecule has 0 aliphatic rings. The van der Waals surface area contributed by atoms with Crippen molar-refractivity contribution in [3.05, 3.63) is 48.0 Å². The molecule has 0 fully saturated rings. The van der Waals surface area contributed by atoms with E-state index in [1.807, 2.05) is 30.3 Å². The summed E-state index contributed by atoms with van der Waals surface area (Å²) < 4.78 is 15.0. The lowest BCUT2D eigenvalue weighted by Gasteiger charge is -2.15. The van der Waals surface area contributed by atoms with Crippen LogP contribution in [0.3, 0.4) is 0 Å². The second-order valence-electron chi connectivity index (χ2n) is 4.95. The van der Waals surface area contributed by atoms with Crippen molar-refractivity contribution in [2.24, 2.45) is 5.92 Å². The quantitative estimate of drug-likeness (QED) is 0.397. The first-order valence-electron chi connectivity index (χ1n) is 7.61. The van der Waals surface area contributed by atoms with Crippen LogP contribution < -0.4 is 0 Å². The van der Waals surface area contributed by atoms with Crippen molar-refractivity contribution in [2.75, 3.05) is 20.8 Å². The van der Waals surface area contributed by atoms with E-state index in [-0.39, 0.29) is 12.5 Å². The molecule has 1 unspecified atom stereocenters. The largest absolute Gasteiger partial charge is 0.468 e. The number of hydrogen-bond donors (Lipinski definition) is 0. The zero-order chi connectivity index (χ0) is 17.1. The van der Waals surface area contributed by atoms with Gasteiger partial charge in [0.05, 0.1) is 26.9 Å². The molecule has 0 N–H and O–H groups in total. The molecule has 0 heterocycles. The van der Waals surface area contributed by atoms with Gasteiger partial charge in [0.25, 0.3) is 0 Å². The third-order valence-electron chi connectivity index (χ3n) is 3.45. The number of ether oxygens (including phenoxy) is 3. The zero-order valence-electron chi connectivity index (χ0n) is 13.9. The molecule has 0 aliphatic heterocycles. The monoisotopic (exact) mass is 320 g/mol. The van der Waals surface area contributed by atoms with E-state index in [1.165, 1.54) is 14.2 Å². The van der Waals surface area contributed by atoms with Gasteiger partial charge in [0, 0.05) is 0 Å². The molecule has 1 aromatic rings. The van der Waals surface area contributed by atoms with Crippen LogP contribution in [-0.2, 0) is 23.8 Å². The Labute approximate surface area is 137 Å². The van der Waals surface area contributed by atoms with Crippen LogP contribution in [-0.4, -0.2) is 32.8 Å². The Bertz CT molecular complexity index is 493. The molecule has 1 atom stereocenters. The molecule has 5 heteroatoms.